The van der Waals surface area contributed by atoms with Crippen molar-refractivity contribution in [3.05, 3.63) is 0 Å². The molecule has 0 heterocycles. The Morgan fingerprint density at radius 1 is 1.11 bits per heavy atom. The maximum absolute atomic E-state index is 12.2. The highest BCUT2D eigenvalue weighted by atomic mass is 127. The molecule has 0 bridgehead atoms. The number of halogens is 1. The van der Waals surface area contributed by atoms with E-state index in [9.17, 15) is 4.79 Å². The molecule has 0 unspecified atom stereocenters. The van der Waals surface area contributed by atoms with Gasteiger partial charge in [-0.05, 0) is 44.4 Å². The largest absolute Gasteiger partial charge is 0.382 e. The molecule has 0 saturated heterocycles. The summed E-state index contributed by atoms with van der Waals surface area (Å²) in [4.78, 5) is 16.4. The summed E-state index contributed by atoms with van der Waals surface area (Å²) in [6.45, 7) is 4.83. The van der Waals surface area contributed by atoms with E-state index in [1.54, 1.807) is 7.05 Å². The van der Waals surface area contributed by atoms with E-state index in [1.165, 1.54) is 44.9 Å². The number of aliphatic imine (C=N–C) groups is 1. The van der Waals surface area contributed by atoms with Gasteiger partial charge in [0.15, 0.2) is 5.96 Å². The Morgan fingerprint density at radius 3 is 2.44 bits per heavy atom. The van der Waals surface area contributed by atoms with Gasteiger partial charge in [-0.1, -0.05) is 32.1 Å². The maximum Gasteiger partial charge on any atom is 0.239 e. The highest BCUT2D eigenvalue weighted by molar-refractivity contribution is 14.0. The molecule has 7 heteroatoms. The van der Waals surface area contributed by atoms with Crippen molar-refractivity contribution in [2.45, 2.75) is 77.2 Å². The lowest BCUT2D eigenvalue weighted by Crippen LogP contribution is -2.48. The SMILES string of the molecule is CCOCCC1(CNC(=NC)NCC(=O)NC2CCCCC2)CCCC1.I. The minimum Gasteiger partial charge on any atom is -0.382 e. The molecular weight excluding hydrogens is 455 g/mol. The Labute approximate surface area is 182 Å². The van der Waals surface area contributed by atoms with Crippen molar-refractivity contribution in [2.24, 2.45) is 10.4 Å². The van der Waals surface area contributed by atoms with Crippen LogP contribution in [0.25, 0.3) is 0 Å². The van der Waals surface area contributed by atoms with Crippen LogP contribution in [0.15, 0.2) is 4.99 Å². The van der Waals surface area contributed by atoms with Gasteiger partial charge >= 0.3 is 0 Å². The lowest BCUT2D eigenvalue weighted by molar-refractivity contribution is -0.120. The Morgan fingerprint density at radius 2 is 1.81 bits per heavy atom. The predicted molar refractivity (Wildman–Crippen MR) is 122 cm³/mol. The second kappa shape index (κ2) is 13.6. The number of amides is 1. The first-order valence-corrected chi connectivity index (χ1v) is 10.5. The molecule has 2 aliphatic rings. The zero-order valence-corrected chi connectivity index (χ0v) is 19.5. The summed E-state index contributed by atoms with van der Waals surface area (Å²) in [5, 5.41) is 9.74. The monoisotopic (exact) mass is 494 g/mol. The zero-order valence-electron chi connectivity index (χ0n) is 17.1. The van der Waals surface area contributed by atoms with Crippen molar-refractivity contribution in [1.29, 1.82) is 0 Å². The average molecular weight is 494 g/mol. The van der Waals surface area contributed by atoms with E-state index >= 15 is 0 Å². The van der Waals surface area contributed by atoms with Gasteiger partial charge in [-0.3, -0.25) is 9.79 Å². The summed E-state index contributed by atoms with van der Waals surface area (Å²) < 4.78 is 5.58. The summed E-state index contributed by atoms with van der Waals surface area (Å²) in [6.07, 6.45) is 12.1. The number of nitrogens with one attached hydrogen (secondary N) is 3. The van der Waals surface area contributed by atoms with Gasteiger partial charge in [0, 0.05) is 32.8 Å². The van der Waals surface area contributed by atoms with E-state index in [4.69, 9.17) is 4.74 Å². The molecule has 2 rings (SSSR count). The van der Waals surface area contributed by atoms with Crippen LogP contribution in [0, 0.1) is 5.41 Å². The van der Waals surface area contributed by atoms with Gasteiger partial charge in [0.1, 0.15) is 0 Å². The second-order valence-electron chi connectivity index (χ2n) is 7.84. The summed E-state index contributed by atoms with van der Waals surface area (Å²) in [5.74, 6) is 0.776. The third-order valence-corrected chi connectivity index (χ3v) is 5.89. The van der Waals surface area contributed by atoms with E-state index in [0.717, 1.165) is 39.0 Å². The molecular formula is C20H39IN4O2. The van der Waals surface area contributed by atoms with Crippen molar-refractivity contribution >= 4 is 35.8 Å². The van der Waals surface area contributed by atoms with E-state index in [2.05, 4.69) is 20.9 Å². The number of ether oxygens (including phenoxy) is 1. The molecule has 2 aliphatic carbocycles. The molecule has 0 aromatic rings. The van der Waals surface area contributed by atoms with Gasteiger partial charge in [0.2, 0.25) is 5.91 Å². The summed E-state index contributed by atoms with van der Waals surface area (Å²) in [5.41, 5.74) is 0.303. The van der Waals surface area contributed by atoms with Gasteiger partial charge in [0.05, 0.1) is 6.54 Å². The number of hydrogen-bond acceptors (Lipinski definition) is 3. The Balaban J connectivity index is 0.00000364. The highest BCUT2D eigenvalue weighted by Crippen LogP contribution is 2.40. The van der Waals surface area contributed by atoms with Crippen molar-refractivity contribution < 1.29 is 9.53 Å². The second-order valence-corrected chi connectivity index (χ2v) is 7.84. The molecule has 2 saturated carbocycles. The minimum atomic E-state index is 0. The first kappa shape index (κ1) is 24.5. The van der Waals surface area contributed by atoms with Crippen LogP contribution < -0.4 is 16.0 Å². The molecule has 0 aromatic carbocycles. The average Bonchev–Trinajstić information content (AvgIpc) is 3.12. The van der Waals surface area contributed by atoms with Gasteiger partial charge in [0.25, 0.3) is 0 Å². The highest BCUT2D eigenvalue weighted by Gasteiger charge is 2.33. The number of carbonyl (C=O) groups excluding carboxylic acids is 1. The molecule has 0 atom stereocenters. The first-order chi connectivity index (χ1) is 12.7. The predicted octanol–water partition coefficient (Wildman–Crippen LogP) is 3.21. The van der Waals surface area contributed by atoms with Crippen LogP contribution >= 0.6 is 24.0 Å². The topological polar surface area (TPSA) is 74.8 Å². The molecule has 1 amide bonds. The standard InChI is InChI=1S/C20H38N4O2.HI/c1-3-26-14-13-20(11-7-8-12-20)16-23-19(21-2)22-15-18(25)24-17-9-5-4-6-10-17;/h17H,3-16H2,1-2H3,(H,24,25)(H2,21,22,23);1H. The summed E-state index contributed by atoms with van der Waals surface area (Å²) >= 11 is 0. The molecule has 27 heavy (non-hydrogen) atoms. The minimum absolute atomic E-state index is 0. The fourth-order valence-corrected chi connectivity index (χ4v) is 4.25. The van der Waals surface area contributed by atoms with Crippen LogP contribution in [-0.4, -0.2) is 51.3 Å². The number of rotatable bonds is 9. The number of nitrogens with zero attached hydrogens (tertiary/aromatic N) is 1. The molecule has 0 aliphatic heterocycles. The molecule has 6 nitrogen and oxygen atoms in total. The fraction of sp³-hybridized carbons (Fsp3) is 0.900. The molecule has 0 spiro atoms. The molecule has 158 valence electrons. The number of guanidine groups is 1. The molecule has 0 radical (unpaired) electrons. The van der Waals surface area contributed by atoms with Gasteiger partial charge in [-0.15, -0.1) is 24.0 Å². The summed E-state index contributed by atoms with van der Waals surface area (Å²) in [6, 6.07) is 0.355. The Bertz CT molecular complexity index is 447. The maximum atomic E-state index is 12.2. The van der Waals surface area contributed by atoms with Gasteiger partial charge in [-0.2, -0.15) is 0 Å². The van der Waals surface area contributed by atoms with E-state index in [-0.39, 0.29) is 36.4 Å². The Hall–Kier alpha value is -0.570. The van der Waals surface area contributed by atoms with Crippen molar-refractivity contribution in [1.82, 2.24) is 16.0 Å². The first-order valence-electron chi connectivity index (χ1n) is 10.5. The third-order valence-electron chi connectivity index (χ3n) is 5.89. The van der Waals surface area contributed by atoms with E-state index < -0.39 is 0 Å². The third kappa shape index (κ3) is 8.98. The molecule has 2 fully saturated rings. The summed E-state index contributed by atoms with van der Waals surface area (Å²) in [7, 11) is 1.76. The zero-order chi connectivity index (χ0) is 18.7. The van der Waals surface area contributed by atoms with Crippen molar-refractivity contribution in [3.8, 4) is 0 Å². The van der Waals surface area contributed by atoms with Gasteiger partial charge < -0.3 is 20.7 Å². The van der Waals surface area contributed by atoms with Crippen molar-refractivity contribution in [3.63, 3.8) is 0 Å². The van der Waals surface area contributed by atoms with Crippen LogP contribution in [0.4, 0.5) is 0 Å². The number of hydrogen-bond donors (Lipinski definition) is 3. The Kier molecular flexibility index (Phi) is 12.3. The van der Waals surface area contributed by atoms with Gasteiger partial charge in [-0.25, -0.2) is 0 Å². The van der Waals surface area contributed by atoms with Crippen LogP contribution in [0.3, 0.4) is 0 Å². The van der Waals surface area contributed by atoms with E-state index in [1.807, 2.05) is 6.92 Å². The van der Waals surface area contributed by atoms with Crippen LogP contribution in [0.2, 0.25) is 0 Å². The quantitative estimate of drug-likeness (QED) is 0.199. The normalized spacial score (nSPS) is 20.0. The van der Waals surface area contributed by atoms with Crippen molar-refractivity contribution in [2.75, 3.05) is 33.4 Å². The molecule has 0 aromatic heterocycles. The molecule has 3 N–H and O–H groups in total. The fourth-order valence-electron chi connectivity index (χ4n) is 4.25. The van der Waals surface area contributed by atoms with Crippen LogP contribution in [0.1, 0.15) is 71.1 Å². The number of carbonyl (C=O) groups is 1. The van der Waals surface area contributed by atoms with Crippen LogP contribution in [-0.2, 0) is 9.53 Å². The lowest BCUT2D eigenvalue weighted by atomic mass is 9.83. The van der Waals surface area contributed by atoms with E-state index in [0.29, 0.717) is 17.4 Å². The van der Waals surface area contributed by atoms with Crippen LogP contribution in [0.5, 0.6) is 0 Å². The lowest BCUT2D eigenvalue weighted by Gasteiger charge is -2.30. The smallest absolute Gasteiger partial charge is 0.239 e.